The fourth-order valence-corrected chi connectivity index (χ4v) is 4.76. The van der Waals surface area contributed by atoms with Crippen LogP contribution in [0.1, 0.15) is 28.9 Å². The lowest BCUT2D eigenvalue weighted by molar-refractivity contribution is -0.134. The molecule has 0 unspecified atom stereocenters. The summed E-state index contributed by atoms with van der Waals surface area (Å²) in [5.41, 5.74) is 0.694. The van der Waals surface area contributed by atoms with E-state index in [-0.39, 0.29) is 28.8 Å². The maximum absolute atomic E-state index is 13.6. The third-order valence-corrected chi connectivity index (χ3v) is 6.94. The first-order chi connectivity index (χ1) is 15.9. The minimum absolute atomic E-state index is 0.0385. The Bertz CT molecular complexity index is 1030. The lowest BCUT2D eigenvalue weighted by atomic mass is 10.2. The van der Waals surface area contributed by atoms with Gasteiger partial charge in [-0.1, -0.05) is 11.6 Å². The van der Waals surface area contributed by atoms with Gasteiger partial charge in [-0.2, -0.15) is 0 Å². The second-order valence-corrected chi connectivity index (χ2v) is 9.41. The molecule has 0 radical (unpaired) electrons. The van der Waals surface area contributed by atoms with Crippen molar-refractivity contribution in [3.05, 3.63) is 45.7 Å². The summed E-state index contributed by atoms with van der Waals surface area (Å²) in [6.45, 7) is 4.59. The molecule has 0 saturated carbocycles. The molecule has 11 heteroatoms. The smallest absolute Gasteiger partial charge is 0.257 e. The van der Waals surface area contributed by atoms with Crippen LogP contribution in [-0.4, -0.2) is 83.2 Å². The van der Waals surface area contributed by atoms with E-state index in [2.05, 4.69) is 15.2 Å². The average Bonchev–Trinajstić information content (AvgIpc) is 3.48. The van der Waals surface area contributed by atoms with E-state index < -0.39 is 11.7 Å². The zero-order chi connectivity index (χ0) is 23.4. The molecule has 0 atom stereocenters. The van der Waals surface area contributed by atoms with Crippen molar-refractivity contribution < 1.29 is 18.8 Å². The Balaban J connectivity index is 1.23. The molecule has 33 heavy (non-hydrogen) atoms. The van der Waals surface area contributed by atoms with Crippen LogP contribution in [0.15, 0.2) is 23.6 Å². The van der Waals surface area contributed by atoms with E-state index in [0.717, 1.165) is 32.0 Å². The topological polar surface area (TPSA) is 85.9 Å². The maximum atomic E-state index is 13.6. The summed E-state index contributed by atoms with van der Waals surface area (Å²) in [4.78, 5) is 47.4. The molecule has 1 N–H and O–H groups in total. The molecule has 1 aromatic carbocycles. The zero-order valence-corrected chi connectivity index (χ0v) is 19.6. The normalized spacial score (nSPS) is 16.8. The molecule has 4 rings (SSSR count). The summed E-state index contributed by atoms with van der Waals surface area (Å²) in [6.07, 6.45) is 2.29. The predicted octanol–water partition coefficient (Wildman–Crippen LogP) is 2.50. The lowest BCUT2D eigenvalue weighted by Gasteiger charge is -2.35. The average molecular weight is 494 g/mol. The first-order valence-electron chi connectivity index (χ1n) is 10.9. The van der Waals surface area contributed by atoms with Crippen LogP contribution in [-0.2, 0) is 16.0 Å². The molecule has 1 aromatic heterocycles. The van der Waals surface area contributed by atoms with Gasteiger partial charge in [0.1, 0.15) is 5.82 Å². The van der Waals surface area contributed by atoms with Crippen LogP contribution >= 0.6 is 22.9 Å². The Morgan fingerprint density at radius 2 is 1.73 bits per heavy atom. The molecule has 8 nitrogen and oxygen atoms in total. The molecule has 176 valence electrons. The number of likely N-dealkylation sites (tertiary alicyclic amines) is 1. The number of halogens is 2. The van der Waals surface area contributed by atoms with E-state index >= 15 is 0 Å². The fraction of sp³-hybridized carbons (Fsp3) is 0.455. The number of carbonyl (C=O) groups is 3. The van der Waals surface area contributed by atoms with Crippen LogP contribution in [0.5, 0.6) is 0 Å². The molecule has 3 amide bonds. The number of hydrogen-bond acceptors (Lipinski definition) is 6. The third kappa shape index (κ3) is 6.07. The van der Waals surface area contributed by atoms with Crippen molar-refractivity contribution in [2.45, 2.75) is 19.3 Å². The Kier molecular flexibility index (Phi) is 7.56. The summed E-state index contributed by atoms with van der Waals surface area (Å²) < 4.78 is 13.6. The Morgan fingerprint density at radius 3 is 2.42 bits per heavy atom. The van der Waals surface area contributed by atoms with Gasteiger partial charge in [0.05, 0.1) is 23.7 Å². The van der Waals surface area contributed by atoms with Crippen LogP contribution in [0.2, 0.25) is 5.02 Å². The standard InChI is InChI=1S/C22H25ClFN5O3S/c23-17-4-3-15(11-18(17)24)21(32)26-22-25-16(14-33-22)12-19(30)29-9-7-27(8-10-29)13-20(31)28-5-1-2-6-28/h3-4,11,14H,1-2,5-10,12-13H2,(H,25,26,32). The first-order valence-corrected chi connectivity index (χ1v) is 12.1. The van der Waals surface area contributed by atoms with Gasteiger partial charge < -0.3 is 9.80 Å². The highest BCUT2D eigenvalue weighted by Crippen LogP contribution is 2.20. The number of benzene rings is 1. The van der Waals surface area contributed by atoms with Gasteiger partial charge in [-0.3, -0.25) is 24.6 Å². The van der Waals surface area contributed by atoms with Gasteiger partial charge in [-0.15, -0.1) is 11.3 Å². The number of anilines is 1. The molecule has 2 aliphatic heterocycles. The molecule has 2 aliphatic rings. The van der Waals surface area contributed by atoms with Gasteiger partial charge in [0.25, 0.3) is 5.91 Å². The molecule has 3 heterocycles. The minimum atomic E-state index is -0.671. The van der Waals surface area contributed by atoms with E-state index in [4.69, 9.17) is 11.6 Å². The number of hydrogen-bond donors (Lipinski definition) is 1. The van der Waals surface area contributed by atoms with Crippen molar-refractivity contribution >= 4 is 45.8 Å². The highest BCUT2D eigenvalue weighted by Gasteiger charge is 2.25. The molecular formula is C22H25ClFN5O3S. The molecule has 2 saturated heterocycles. The summed E-state index contributed by atoms with van der Waals surface area (Å²) in [5.74, 6) is -1.04. The highest BCUT2D eigenvalue weighted by atomic mass is 35.5. The Labute approximate surface area is 200 Å². The second kappa shape index (κ2) is 10.6. The van der Waals surface area contributed by atoms with Crippen molar-refractivity contribution in [2.24, 2.45) is 0 Å². The van der Waals surface area contributed by atoms with E-state index in [1.54, 1.807) is 10.3 Å². The third-order valence-electron chi connectivity index (χ3n) is 5.83. The van der Waals surface area contributed by atoms with Crippen molar-refractivity contribution in [3.8, 4) is 0 Å². The largest absolute Gasteiger partial charge is 0.342 e. The van der Waals surface area contributed by atoms with Crippen molar-refractivity contribution in [3.63, 3.8) is 0 Å². The summed E-state index contributed by atoms with van der Waals surface area (Å²) in [7, 11) is 0. The predicted molar refractivity (Wildman–Crippen MR) is 124 cm³/mol. The number of nitrogens with zero attached hydrogens (tertiary/aromatic N) is 4. The van der Waals surface area contributed by atoms with Gasteiger partial charge in [-0.05, 0) is 31.0 Å². The van der Waals surface area contributed by atoms with Gasteiger partial charge in [0.2, 0.25) is 11.8 Å². The summed E-state index contributed by atoms with van der Waals surface area (Å²) >= 11 is 6.85. The summed E-state index contributed by atoms with van der Waals surface area (Å²) in [6, 6.07) is 3.81. The number of aromatic nitrogens is 1. The van der Waals surface area contributed by atoms with Gasteiger partial charge >= 0.3 is 0 Å². The van der Waals surface area contributed by atoms with Crippen molar-refractivity contribution in [1.29, 1.82) is 0 Å². The second-order valence-electron chi connectivity index (χ2n) is 8.15. The fourth-order valence-electron chi connectivity index (χ4n) is 3.93. The SMILES string of the molecule is O=C(Nc1nc(CC(=O)N2CCN(CC(=O)N3CCCC3)CC2)cs1)c1ccc(Cl)c(F)c1. The van der Waals surface area contributed by atoms with Crippen LogP contribution in [0.3, 0.4) is 0 Å². The van der Waals surface area contributed by atoms with Gasteiger partial charge in [0, 0.05) is 50.2 Å². The maximum Gasteiger partial charge on any atom is 0.257 e. The van der Waals surface area contributed by atoms with Gasteiger partial charge in [-0.25, -0.2) is 9.37 Å². The number of nitrogens with one attached hydrogen (secondary N) is 1. The molecule has 0 bridgehead atoms. The first kappa shape index (κ1) is 23.6. The summed E-state index contributed by atoms with van der Waals surface area (Å²) in [5, 5.41) is 4.62. The van der Waals surface area contributed by atoms with Crippen molar-refractivity contribution in [1.82, 2.24) is 19.7 Å². The minimum Gasteiger partial charge on any atom is -0.342 e. The number of thiazole rings is 1. The zero-order valence-electron chi connectivity index (χ0n) is 18.1. The van der Waals surface area contributed by atoms with Gasteiger partial charge in [0.15, 0.2) is 5.13 Å². The van der Waals surface area contributed by atoms with E-state index in [1.165, 1.54) is 23.5 Å². The lowest BCUT2D eigenvalue weighted by Crippen LogP contribution is -2.51. The number of carbonyl (C=O) groups excluding carboxylic acids is 3. The van der Waals surface area contributed by atoms with Crippen LogP contribution in [0, 0.1) is 5.82 Å². The van der Waals surface area contributed by atoms with E-state index in [1.807, 2.05) is 4.90 Å². The Hall–Kier alpha value is -2.56. The van der Waals surface area contributed by atoms with Crippen LogP contribution in [0.25, 0.3) is 0 Å². The molecular weight excluding hydrogens is 469 g/mol. The number of piperazine rings is 1. The van der Waals surface area contributed by atoms with Crippen LogP contribution < -0.4 is 5.32 Å². The number of amides is 3. The van der Waals surface area contributed by atoms with Crippen molar-refractivity contribution in [2.75, 3.05) is 51.1 Å². The van der Waals surface area contributed by atoms with E-state index in [0.29, 0.717) is 43.5 Å². The number of rotatable bonds is 6. The molecule has 2 aromatic rings. The Morgan fingerprint density at radius 1 is 1.03 bits per heavy atom. The molecule has 0 aliphatic carbocycles. The van der Waals surface area contributed by atoms with E-state index in [9.17, 15) is 18.8 Å². The molecule has 0 spiro atoms. The molecule has 2 fully saturated rings. The monoisotopic (exact) mass is 493 g/mol. The highest BCUT2D eigenvalue weighted by molar-refractivity contribution is 7.14. The van der Waals surface area contributed by atoms with Crippen LogP contribution in [0.4, 0.5) is 9.52 Å². The quantitative estimate of drug-likeness (QED) is 0.668.